The molecular formula is C15H22ClFIN3. The summed E-state index contributed by atoms with van der Waals surface area (Å²) in [5.74, 6) is 0.528. The molecule has 0 aromatic heterocycles. The van der Waals surface area contributed by atoms with E-state index in [4.69, 9.17) is 11.6 Å². The van der Waals surface area contributed by atoms with Crippen LogP contribution in [0.1, 0.15) is 31.2 Å². The van der Waals surface area contributed by atoms with Crippen molar-refractivity contribution in [3.63, 3.8) is 0 Å². The van der Waals surface area contributed by atoms with Gasteiger partial charge in [0.2, 0.25) is 0 Å². The molecule has 0 aliphatic heterocycles. The lowest BCUT2D eigenvalue weighted by atomic mass is 10.1. The van der Waals surface area contributed by atoms with Gasteiger partial charge in [-0.2, -0.15) is 0 Å². The van der Waals surface area contributed by atoms with Crippen LogP contribution in [-0.4, -0.2) is 25.6 Å². The van der Waals surface area contributed by atoms with E-state index in [0.29, 0.717) is 11.1 Å². The lowest BCUT2D eigenvalue weighted by Gasteiger charge is -2.17. The Morgan fingerprint density at radius 2 is 2.10 bits per heavy atom. The summed E-state index contributed by atoms with van der Waals surface area (Å²) in [5, 5.41) is 7.17. The van der Waals surface area contributed by atoms with Crippen LogP contribution in [0.15, 0.2) is 23.2 Å². The van der Waals surface area contributed by atoms with Gasteiger partial charge in [-0.1, -0.05) is 30.5 Å². The molecule has 118 valence electrons. The third-order valence-corrected chi connectivity index (χ3v) is 3.97. The number of rotatable bonds is 4. The highest BCUT2D eigenvalue weighted by molar-refractivity contribution is 14.0. The van der Waals surface area contributed by atoms with Crippen molar-refractivity contribution in [2.45, 2.75) is 38.1 Å². The molecule has 0 heterocycles. The SMILES string of the molecule is CN=C(NCCc1ccc(F)cc1Cl)NC1CCCC1.I. The first kappa shape index (κ1) is 18.5. The van der Waals surface area contributed by atoms with Gasteiger partial charge in [0.15, 0.2) is 5.96 Å². The van der Waals surface area contributed by atoms with Crippen molar-refractivity contribution in [1.82, 2.24) is 10.6 Å². The number of guanidine groups is 1. The van der Waals surface area contributed by atoms with Gasteiger partial charge in [-0.05, 0) is 37.0 Å². The number of nitrogens with one attached hydrogen (secondary N) is 2. The monoisotopic (exact) mass is 425 g/mol. The molecule has 1 saturated carbocycles. The summed E-state index contributed by atoms with van der Waals surface area (Å²) in [5.41, 5.74) is 0.942. The molecule has 1 aliphatic rings. The Labute approximate surface area is 147 Å². The minimum Gasteiger partial charge on any atom is -0.356 e. The van der Waals surface area contributed by atoms with Crippen LogP contribution in [0.25, 0.3) is 0 Å². The van der Waals surface area contributed by atoms with Gasteiger partial charge in [0.25, 0.3) is 0 Å². The van der Waals surface area contributed by atoms with Gasteiger partial charge >= 0.3 is 0 Å². The molecule has 0 saturated heterocycles. The Bertz CT molecular complexity index is 476. The molecular weight excluding hydrogens is 404 g/mol. The Balaban J connectivity index is 0.00000220. The van der Waals surface area contributed by atoms with Gasteiger partial charge in [-0.3, -0.25) is 4.99 Å². The van der Waals surface area contributed by atoms with E-state index < -0.39 is 0 Å². The summed E-state index contributed by atoms with van der Waals surface area (Å²) < 4.78 is 13.0. The van der Waals surface area contributed by atoms with Gasteiger partial charge in [-0.15, -0.1) is 24.0 Å². The highest BCUT2D eigenvalue weighted by Crippen LogP contribution is 2.18. The number of benzene rings is 1. The first-order valence-corrected chi connectivity index (χ1v) is 7.48. The van der Waals surface area contributed by atoms with Gasteiger partial charge in [-0.25, -0.2) is 4.39 Å². The summed E-state index contributed by atoms with van der Waals surface area (Å²) in [4.78, 5) is 4.22. The van der Waals surface area contributed by atoms with Gasteiger partial charge in [0.1, 0.15) is 5.82 Å². The summed E-state index contributed by atoms with van der Waals surface area (Å²) >= 11 is 6.00. The van der Waals surface area contributed by atoms with Crippen molar-refractivity contribution in [3.8, 4) is 0 Å². The van der Waals surface area contributed by atoms with Crippen molar-refractivity contribution in [3.05, 3.63) is 34.6 Å². The second-order valence-corrected chi connectivity index (χ2v) is 5.52. The molecule has 0 radical (unpaired) electrons. The van der Waals surface area contributed by atoms with Crippen LogP contribution < -0.4 is 10.6 Å². The minimum absolute atomic E-state index is 0. The second kappa shape index (κ2) is 9.46. The Morgan fingerprint density at radius 3 is 2.71 bits per heavy atom. The van der Waals surface area contributed by atoms with E-state index in [1.807, 2.05) is 0 Å². The van der Waals surface area contributed by atoms with Crippen LogP contribution in [0, 0.1) is 5.82 Å². The summed E-state index contributed by atoms with van der Waals surface area (Å²) in [6.07, 6.45) is 5.75. The molecule has 0 unspecified atom stereocenters. The van der Waals surface area contributed by atoms with Crippen molar-refractivity contribution in [1.29, 1.82) is 0 Å². The lowest BCUT2D eigenvalue weighted by molar-refractivity contribution is 0.613. The zero-order chi connectivity index (χ0) is 14.4. The zero-order valence-corrected chi connectivity index (χ0v) is 15.2. The molecule has 2 rings (SSSR count). The molecule has 1 aromatic rings. The second-order valence-electron chi connectivity index (χ2n) is 5.11. The van der Waals surface area contributed by atoms with Gasteiger partial charge in [0.05, 0.1) is 0 Å². The molecule has 3 nitrogen and oxygen atoms in total. The van der Waals surface area contributed by atoms with Gasteiger partial charge < -0.3 is 10.6 Å². The zero-order valence-electron chi connectivity index (χ0n) is 12.2. The normalized spacial score (nSPS) is 15.7. The van der Waals surface area contributed by atoms with E-state index in [1.54, 1.807) is 13.1 Å². The topological polar surface area (TPSA) is 36.4 Å². The summed E-state index contributed by atoms with van der Waals surface area (Å²) in [6, 6.07) is 5.05. The summed E-state index contributed by atoms with van der Waals surface area (Å²) in [6.45, 7) is 0.720. The molecule has 1 aromatic carbocycles. The van der Waals surface area contributed by atoms with E-state index in [0.717, 1.165) is 24.5 Å². The number of halogens is 3. The predicted octanol–water partition coefficient (Wildman–Crippen LogP) is 3.75. The van der Waals surface area contributed by atoms with Crippen molar-refractivity contribution in [2.75, 3.05) is 13.6 Å². The van der Waals surface area contributed by atoms with E-state index in [2.05, 4.69) is 15.6 Å². The molecule has 1 fully saturated rings. The van der Waals surface area contributed by atoms with E-state index in [9.17, 15) is 4.39 Å². The molecule has 0 amide bonds. The number of nitrogens with zero attached hydrogens (tertiary/aromatic N) is 1. The van der Waals surface area contributed by atoms with Gasteiger partial charge in [0, 0.05) is 24.7 Å². The van der Waals surface area contributed by atoms with E-state index >= 15 is 0 Å². The molecule has 2 N–H and O–H groups in total. The quantitative estimate of drug-likeness (QED) is 0.438. The molecule has 0 spiro atoms. The van der Waals surface area contributed by atoms with Crippen LogP contribution in [0.2, 0.25) is 5.02 Å². The first-order valence-electron chi connectivity index (χ1n) is 7.10. The number of aliphatic imine (C=N–C) groups is 1. The van der Waals surface area contributed by atoms with Crippen LogP contribution in [-0.2, 0) is 6.42 Å². The molecule has 0 bridgehead atoms. The van der Waals surface area contributed by atoms with Crippen LogP contribution in [0.4, 0.5) is 4.39 Å². The molecule has 6 heteroatoms. The van der Waals surface area contributed by atoms with E-state index in [-0.39, 0.29) is 29.8 Å². The fourth-order valence-corrected chi connectivity index (χ4v) is 2.76. The fraction of sp³-hybridized carbons (Fsp3) is 0.533. The van der Waals surface area contributed by atoms with Crippen molar-refractivity contribution in [2.24, 2.45) is 4.99 Å². The Hall–Kier alpha value is -0.560. The maximum atomic E-state index is 13.0. The highest BCUT2D eigenvalue weighted by Gasteiger charge is 2.15. The maximum absolute atomic E-state index is 13.0. The van der Waals surface area contributed by atoms with Crippen molar-refractivity contribution >= 4 is 41.5 Å². The number of hydrogen-bond donors (Lipinski definition) is 2. The maximum Gasteiger partial charge on any atom is 0.191 e. The van der Waals surface area contributed by atoms with Crippen LogP contribution >= 0.6 is 35.6 Å². The minimum atomic E-state index is -0.301. The Morgan fingerprint density at radius 1 is 1.38 bits per heavy atom. The molecule has 1 aliphatic carbocycles. The van der Waals surface area contributed by atoms with Crippen LogP contribution in [0.5, 0.6) is 0 Å². The summed E-state index contributed by atoms with van der Waals surface area (Å²) in [7, 11) is 1.77. The third kappa shape index (κ3) is 5.98. The first-order chi connectivity index (χ1) is 9.69. The average Bonchev–Trinajstić information content (AvgIpc) is 2.93. The molecule has 0 atom stereocenters. The third-order valence-electron chi connectivity index (χ3n) is 3.62. The van der Waals surface area contributed by atoms with Crippen molar-refractivity contribution < 1.29 is 4.39 Å². The largest absolute Gasteiger partial charge is 0.356 e. The smallest absolute Gasteiger partial charge is 0.191 e. The standard InChI is InChI=1S/C15H21ClFN3.HI/c1-18-15(20-13-4-2-3-5-13)19-9-8-11-6-7-12(17)10-14(11)16;/h6-7,10,13H,2-5,8-9H2,1H3,(H2,18,19,20);1H. The molecule has 21 heavy (non-hydrogen) atoms. The average molecular weight is 426 g/mol. The Kier molecular flexibility index (Phi) is 8.33. The highest BCUT2D eigenvalue weighted by atomic mass is 127. The van der Waals surface area contributed by atoms with E-state index in [1.165, 1.54) is 37.8 Å². The predicted molar refractivity (Wildman–Crippen MR) is 97.3 cm³/mol. The van der Waals surface area contributed by atoms with Crippen LogP contribution in [0.3, 0.4) is 0 Å². The fourth-order valence-electron chi connectivity index (χ4n) is 2.50. The number of hydrogen-bond acceptors (Lipinski definition) is 1. The lowest BCUT2D eigenvalue weighted by Crippen LogP contribution is -2.43.